The maximum atomic E-state index is 11.7. The average Bonchev–Trinajstić information content (AvgIpc) is 2.30. The number of carbonyl (C=O) groups is 2. The summed E-state index contributed by atoms with van der Waals surface area (Å²) in [5, 5.41) is 2.64. The van der Waals surface area contributed by atoms with Crippen molar-refractivity contribution in [2.45, 2.75) is 25.7 Å². The van der Waals surface area contributed by atoms with Crippen LogP contribution in [0.2, 0.25) is 0 Å². The molecule has 2 amide bonds. The lowest BCUT2D eigenvalue weighted by Gasteiger charge is -2.26. The van der Waals surface area contributed by atoms with E-state index in [1.165, 1.54) is 13.5 Å². The summed E-state index contributed by atoms with van der Waals surface area (Å²) in [4.78, 5) is 24.6. The topological polar surface area (TPSA) is 58.6 Å². The summed E-state index contributed by atoms with van der Waals surface area (Å²) >= 11 is 0. The zero-order chi connectivity index (χ0) is 11.8. The molecule has 1 N–H and O–H groups in total. The van der Waals surface area contributed by atoms with Gasteiger partial charge in [-0.25, -0.2) is 0 Å². The second kappa shape index (κ2) is 7.22. The third-order valence-corrected chi connectivity index (χ3v) is 2.65. The number of likely N-dealkylation sites (tertiary alicyclic amines) is 1. The van der Waals surface area contributed by atoms with Crippen molar-refractivity contribution in [3.8, 4) is 0 Å². The van der Waals surface area contributed by atoms with Crippen LogP contribution in [0.3, 0.4) is 0 Å². The summed E-state index contributed by atoms with van der Waals surface area (Å²) in [6.07, 6.45) is 3.80. The van der Waals surface area contributed by atoms with Gasteiger partial charge in [0.05, 0.1) is 0 Å². The number of methoxy groups -OCH3 is 1. The molecule has 0 spiro atoms. The van der Waals surface area contributed by atoms with Gasteiger partial charge < -0.3 is 15.0 Å². The van der Waals surface area contributed by atoms with Gasteiger partial charge in [-0.2, -0.15) is 0 Å². The Hall–Kier alpha value is -1.10. The SMILES string of the molecule is COCC(=O)NCCC(=O)N1CCCCC1. The van der Waals surface area contributed by atoms with Crippen LogP contribution in [0.15, 0.2) is 0 Å². The minimum atomic E-state index is -0.172. The lowest BCUT2D eigenvalue weighted by Crippen LogP contribution is -2.38. The number of carbonyl (C=O) groups excluding carboxylic acids is 2. The van der Waals surface area contributed by atoms with E-state index in [4.69, 9.17) is 0 Å². The number of ether oxygens (including phenoxy) is 1. The summed E-state index contributed by atoms with van der Waals surface area (Å²) in [7, 11) is 1.47. The van der Waals surface area contributed by atoms with E-state index in [-0.39, 0.29) is 18.4 Å². The summed E-state index contributed by atoms with van der Waals surface area (Å²) in [5.41, 5.74) is 0. The Bertz CT molecular complexity index is 237. The first-order valence-corrected chi connectivity index (χ1v) is 5.77. The van der Waals surface area contributed by atoms with Gasteiger partial charge in [0.1, 0.15) is 6.61 Å². The molecular weight excluding hydrogens is 208 g/mol. The van der Waals surface area contributed by atoms with Crippen LogP contribution >= 0.6 is 0 Å². The molecule has 1 fully saturated rings. The van der Waals surface area contributed by atoms with Crippen LogP contribution in [0.1, 0.15) is 25.7 Å². The Kier molecular flexibility index (Phi) is 5.85. The fourth-order valence-corrected chi connectivity index (χ4v) is 1.79. The number of rotatable bonds is 5. The molecule has 0 aromatic heterocycles. The lowest BCUT2D eigenvalue weighted by atomic mass is 10.1. The predicted molar refractivity (Wildman–Crippen MR) is 59.9 cm³/mol. The van der Waals surface area contributed by atoms with Gasteiger partial charge in [-0.1, -0.05) is 0 Å². The van der Waals surface area contributed by atoms with Crippen molar-refractivity contribution < 1.29 is 14.3 Å². The zero-order valence-electron chi connectivity index (χ0n) is 9.83. The molecule has 5 heteroatoms. The van der Waals surface area contributed by atoms with E-state index in [1.807, 2.05) is 4.90 Å². The Morgan fingerprint density at radius 1 is 1.25 bits per heavy atom. The minimum absolute atomic E-state index is 0.0535. The highest BCUT2D eigenvalue weighted by Gasteiger charge is 2.15. The van der Waals surface area contributed by atoms with Crippen LogP contribution in [0.4, 0.5) is 0 Å². The van der Waals surface area contributed by atoms with Gasteiger partial charge in [0.25, 0.3) is 0 Å². The molecule has 0 radical (unpaired) electrons. The highest BCUT2D eigenvalue weighted by molar-refractivity contribution is 5.79. The number of hydrogen-bond donors (Lipinski definition) is 1. The molecule has 92 valence electrons. The van der Waals surface area contributed by atoms with E-state index in [0.717, 1.165) is 25.9 Å². The Morgan fingerprint density at radius 3 is 2.56 bits per heavy atom. The number of amides is 2. The van der Waals surface area contributed by atoms with Gasteiger partial charge in [0.15, 0.2) is 0 Å². The summed E-state index contributed by atoms with van der Waals surface area (Å²) in [6, 6.07) is 0. The molecule has 1 heterocycles. The van der Waals surface area contributed by atoms with E-state index in [0.29, 0.717) is 13.0 Å². The smallest absolute Gasteiger partial charge is 0.245 e. The molecular formula is C11H20N2O3. The Labute approximate surface area is 96.1 Å². The monoisotopic (exact) mass is 228 g/mol. The second-order valence-electron chi connectivity index (χ2n) is 3.97. The second-order valence-corrected chi connectivity index (χ2v) is 3.97. The molecule has 0 saturated carbocycles. The van der Waals surface area contributed by atoms with E-state index >= 15 is 0 Å². The first-order valence-electron chi connectivity index (χ1n) is 5.77. The Balaban J connectivity index is 2.12. The molecule has 0 aromatic rings. The molecule has 16 heavy (non-hydrogen) atoms. The Morgan fingerprint density at radius 2 is 1.94 bits per heavy atom. The van der Waals surface area contributed by atoms with E-state index in [1.54, 1.807) is 0 Å². The highest BCUT2D eigenvalue weighted by Crippen LogP contribution is 2.09. The quantitative estimate of drug-likeness (QED) is 0.729. The normalized spacial score (nSPS) is 15.9. The summed E-state index contributed by atoms with van der Waals surface area (Å²) < 4.78 is 4.67. The van der Waals surface area contributed by atoms with Crippen molar-refractivity contribution in [2.24, 2.45) is 0 Å². The van der Waals surface area contributed by atoms with Crippen LogP contribution in [-0.2, 0) is 14.3 Å². The number of piperidine rings is 1. The molecule has 5 nitrogen and oxygen atoms in total. The van der Waals surface area contributed by atoms with Gasteiger partial charge >= 0.3 is 0 Å². The minimum Gasteiger partial charge on any atom is -0.375 e. The maximum Gasteiger partial charge on any atom is 0.245 e. The van der Waals surface area contributed by atoms with E-state index in [2.05, 4.69) is 10.1 Å². The van der Waals surface area contributed by atoms with Crippen molar-refractivity contribution in [1.29, 1.82) is 0 Å². The zero-order valence-corrected chi connectivity index (χ0v) is 9.83. The third-order valence-electron chi connectivity index (χ3n) is 2.65. The average molecular weight is 228 g/mol. The molecule has 0 bridgehead atoms. The predicted octanol–water partition coefficient (Wildman–Crippen LogP) is 0.152. The van der Waals surface area contributed by atoms with Gasteiger partial charge in [-0.3, -0.25) is 9.59 Å². The van der Waals surface area contributed by atoms with Crippen LogP contribution in [0.5, 0.6) is 0 Å². The highest BCUT2D eigenvalue weighted by atomic mass is 16.5. The van der Waals surface area contributed by atoms with Crippen molar-refractivity contribution in [2.75, 3.05) is 33.4 Å². The van der Waals surface area contributed by atoms with Crippen LogP contribution < -0.4 is 5.32 Å². The van der Waals surface area contributed by atoms with Gasteiger partial charge in [-0.15, -0.1) is 0 Å². The van der Waals surface area contributed by atoms with Crippen molar-refractivity contribution in [3.05, 3.63) is 0 Å². The van der Waals surface area contributed by atoms with Crippen molar-refractivity contribution >= 4 is 11.8 Å². The summed E-state index contributed by atoms with van der Waals surface area (Å²) in [6.45, 7) is 2.19. The van der Waals surface area contributed by atoms with Crippen molar-refractivity contribution in [3.63, 3.8) is 0 Å². The largest absolute Gasteiger partial charge is 0.375 e. The molecule has 0 aromatic carbocycles. The molecule has 0 atom stereocenters. The number of nitrogens with one attached hydrogen (secondary N) is 1. The molecule has 0 unspecified atom stereocenters. The maximum absolute atomic E-state index is 11.7. The first-order chi connectivity index (χ1) is 7.74. The molecule has 1 saturated heterocycles. The first kappa shape index (κ1) is 13.0. The van der Waals surface area contributed by atoms with E-state index in [9.17, 15) is 9.59 Å². The molecule has 1 aliphatic rings. The molecule has 1 rings (SSSR count). The van der Waals surface area contributed by atoms with Gasteiger partial charge in [0.2, 0.25) is 11.8 Å². The number of nitrogens with zero attached hydrogens (tertiary/aromatic N) is 1. The van der Waals surface area contributed by atoms with Crippen molar-refractivity contribution in [1.82, 2.24) is 10.2 Å². The van der Waals surface area contributed by atoms with Gasteiger partial charge in [0, 0.05) is 33.2 Å². The van der Waals surface area contributed by atoms with Crippen LogP contribution in [-0.4, -0.2) is 50.1 Å². The van der Waals surface area contributed by atoms with Crippen LogP contribution in [0.25, 0.3) is 0 Å². The fraction of sp³-hybridized carbons (Fsp3) is 0.818. The lowest BCUT2D eigenvalue weighted by molar-refractivity contribution is -0.132. The van der Waals surface area contributed by atoms with E-state index < -0.39 is 0 Å². The molecule has 1 aliphatic heterocycles. The number of hydrogen-bond acceptors (Lipinski definition) is 3. The van der Waals surface area contributed by atoms with Crippen LogP contribution in [0, 0.1) is 0 Å². The van der Waals surface area contributed by atoms with Gasteiger partial charge in [-0.05, 0) is 19.3 Å². The standard InChI is InChI=1S/C11H20N2O3/c1-16-9-10(14)12-6-5-11(15)13-7-3-2-4-8-13/h2-9H2,1H3,(H,12,14). The fourth-order valence-electron chi connectivity index (χ4n) is 1.79. The molecule has 0 aliphatic carbocycles. The third kappa shape index (κ3) is 4.61. The summed E-state index contributed by atoms with van der Waals surface area (Å²) in [5.74, 6) is -0.0358.